The number of hydrogen-bond acceptors (Lipinski definition) is 5. The van der Waals surface area contributed by atoms with Crippen molar-refractivity contribution in [3.63, 3.8) is 0 Å². The fourth-order valence-corrected chi connectivity index (χ4v) is 2.04. The molecule has 0 aliphatic carbocycles. The van der Waals surface area contributed by atoms with Gasteiger partial charge in [0.1, 0.15) is 4.99 Å². The molecule has 6 heteroatoms. The van der Waals surface area contributed by atoms with Gasteiger partial charge >= 0.3 is 0 Å². The molecule has 88 valence electrons. The summed E-state index contributed by atoms with van der Waals surface area (Å²) in [6.07, 6.45) is 1.59. The normalized spacial score (nSPS) is 12.1. The fourth-order valence-electron chi connectivity index (χ4n) is 1.21. The number of anilines is 1. The molecule has 1 unspecified atom stereocenters. The van der Waals surface area contributed by atoms with Crippen LogP contribution in [-0.2, 0) is 0 Å². The maximum Gasteiger partial charge on any atom is 0.159 e. The molecule has 0 bridgehead atoms. The van der Waals surface area contributed by atoms with Crippen LogP contribution in [0.5, 0.6) is 0 Å². The number of nitrogens with two attached hydrogens (primary N) is 1. The van der Waals surface area contributed by atoms with Crippen LogP contribution in [0.25, 0.3) is 0 Å². The van der Waals surface area contributed by atoms with Crippen LogP contribution in [-0.4, -0.2) is 32.7 Å². The number of thioether (sulfide) groups is 1. The average molecular weight is 256 g/mol. The van der Waals surface area contributed by atoms with Crippen molar-refractivity contribution in [1.82, 2.24) is 10.2 Å². The minimum absolute atomic E-state index is 0.315. The first-order valence-corrected chi connectivity index (χ1v) is 6.67. The van der Waals surface area contributed by atoms with E-state index in [2.05, 4.69) is 29.4 Å². The van der Waals surface area contributed by atoms with Gasteiger partial charge in [0.15, 0.2) is 5.82 Å². The van der Waals surface area contributed by atoms with Crippen molar-refractivity contribution in [2.24, 2.45) is 5.73 Å². The molecule has 0 radical (unpaired) electrons. The van der Waals surface area contributed by atoms with Crippen molar-refractivity contribution in [3.05, 3.63) is 17.8 Å². The smallest absolute Gasteiger partial charge is 0.159 e. The third kappa shape index (κ3) is 3.94. The molecule has 0 aliphatic rings. The number of hydrogen-bond donors (Lipinski definition) is 2. The van der Waals surface area contributed by atoms with Crippen molar-refractivity contribution in [2.45, 2.75) is 19.9 Å². The zero-order valence-corrected chi connectivity index (χ0v) is 11.1. The van der Waals surface area contributed by atoms with Gasteiger partial charge in [0.25, 0.3) is 0 Å². The Morgan fingerprint density at radius 3 is 3.06 bits per heavy atom. The van der Waals surface area contributed by atoms with Gasteiger partial charge in [-0.3, -0.25) is 0 Å². The molecule has 4 nitrogen and oxygen atoms in total. The van der Waals surface area contributed by atoms with Gasteiger partial charge in [0.2, 0.25) is 0 Å². The van der Waals surface area contributed by atoms with E-state index in [1.165, 1.54) is 0 Å². The van der Waals surface area contributed by atoms with E-state index in [0.29, 0.717) is 16.8 Å². The second-order valence-corrected chi connectivity index (χ2v) is 5.12. The van der Waals surface area contributed by atoms with Crippen molar-refractivity contribution < 1.29 is 0 Å². The highest BCUT2D eigenvalue weighted by Gasteiger charge is 2.09. The topological polar surface area (TPSA) is 63.8 Å². The molecule has 0 fully saturated rings. The lowest BCUT2D eigenvalue weighted by Gasteiger charge is -2.15. The first-order valence-electron chi connectivity index (χ1n) is 5.11. The number of nitrogens with one attached hydrogen (secondary N) is 1. The molecule has 1 heterocycles. The van der Waals surface area contributed by atoms with Gasteiger partial charge in [-0.1, -0.05) is 19.1 Å². The summed E-state index contributed by atoms with van der Waals surface area (Å²) in [4.78, 5) is 0.341. The molecule has 0 saturated heterocycles. The lowest BCUT2D eigenvalue weighted by molar-refractivity contribution is 0.883. The van der Waals surface area contributed by atoms with E-state index in [0.717, 1.165) is 17.1 Å². The third-order valence-electron chi connectivity index (χ3n) is 1.94. The second-order valence-electron chi connectivity index (χ2n) is 3.36. The lowest BCUT2D eigenvalue weighted by atomic mass is 10.2. The molecule has 1 aromatic heterocycles. The summed E-state index contributed by atoms with van der Waals surface area (Å²) in [7, 11) is 0. The van der Waals surface area contributed by atoms with E-state index in [9.17, 15) is 0 Å². The van der Waals surface area contributed by atoms with E-state index in [-0.39, 0.29) is 0 Å². The van der Waals surface area contributed by atoms with Gasteiger partial charge in [-0.2, -0.15) is 16.9 Å². The molecule has 0 spiro atoms. The summed E-state index contributed by atoms with van der Waals surface area (Å²) in [5.41, 5.74) is 6.36. The standard InChI is InChI=1S/C10H16N4S2/c1-3-16-6-7(2)13-10-8(9(11)15)4-5-12-14-10/h4-5,7H,3,6H2,1-2H3,(H2,11,15)(H,13,14). The Bertz CT molecular complexity index is 356. The van der Waals surface area contributed by atoms with Crippen molar-refractivity contribution in [3.8, 4) is 0 Å². The molecule has 0 amide bonds. The maximum atomic E-state index is 5.61. The van der Waals surface area contributed by atoms with Crippen molar-refractivity contribution in [2.75, 3.05) is 16.8 Å². The predicted octanol–water partition coefficient (Wildman–Crippen LogP) is 1.66. The minimum atomic E-state index is 0.315. The molecule has 16 heavy (non-hydrogen) atoms. The van der Waals surface area contributed by atoms with Gasteiger partial charge in [-0.25, -0.2) is 0 Å². The number of thiocarbonyl (C=S) groups is 1. The van der Waals surface area contributed by atoms with E-state index >= 15 is 0 Å². The number of nitrogens with zero attached hydrogens (tertiary/aromatic N) is 2. The molecule has 0 aromatic carbocycles. The first-order chi connectivity index (χ1) is 7.65. The fraction of sp³-hybridized carbons (Fsp3) is 0.500. The SMILES string of the molecule is CCSCC(C)Nc1nnccc1C(N)=S. The van der Waals surface area contributed by atoms with Crippen LogP contribution < -0.4 is 11.1 Å². The lowest BCUT2D eigenvalue weighted by Crippen LogP contribution is -2.22. The Hall–Kier alpha value is -0.880. The van der Waals surface area contributed by atoms with Crippen LogP contribution in [0.3, 0.4) is 0 Å². The van der Waals surface area contributed by atoms with Crippen LogP contribution in [0.15, 0.2) is 12.3 Å². The van der Waals surface area contributed by atoms with Gasteiger partial charge in [0, 0.05) is 11.8 Å². The van der Waals surface area contributed by atoms with Crippen molar-refractivity contribution >= 4 is 34.8 Å². The molecule has 0 saturated carbocycles. The summed E-state index contributed by atoms with van der Waals surface area (Å²) in [5, 5.41) is 11.1. The molecular formula is C10H16N4S2. The summed E-state index contributed by atoms with van der Waals surface area (Å²) in [6.45, 7) is 4.24. The van der Waals surface area contributed by atoms with Crippen LogP contribution >= 0.6 is 24.0 Å². The zero-order chi connectivity index (χ0) is 12.0. The molecule has 0 aliphatic heterocycles. The Kier molecular flexibility index (Phi) is 5.48. The van der Waals surface area contributed by atoms with E-state index in [1.807, 2.05) is 11.8 Å². The maximum absolute atomic E-state index is 5.61. The number of rotatable bonds is 6. The van der Waals surface area contributed by atoms with Crippen LogP contribution in [0, 0.1) is 0 Å². The van der Waals surface area contributed by atoms with Crippen molar-refractivity contribution in [1.29, 1.82) is 0 Å². The van der Waals surface area contributed by atoms with E-state index < -0.39 is 0 Å². The van der Waals surface area contributed by atoms with Gasteiger partial charge < -0.3 is 11.1 Å². The summed E-state index contributed by atoms with van der Waals surface area (Å²) < 4.78 is 0. The summed E-state index contributed by atoms with van der Waals surface area (Å²) in [6, 6.07) is 2.09. The van der Waals surface area contributed by atoms with Gasteiger partial charge in [-0.05, 0) is 18.7 Å². The molecule has 1 atom stereocenters. The minimum Gasteiger partial charge on any atom is -0.389 e. The summed E-state index contributed by atoms with van der Waals surface area (Å²) in [5.74, 6) is 2.79. The zero-order valence-electron chi connectivity index (χ0n) is 9.43. The molecule has 1 rings (SSSR count). The largest absolute Gasteiger partial charge is 0.389 e. The van der Waals surface area contributed by atoms with E-state index in [4.69, 9.17) is 18.0 Å². The average Bonchev–Trinajstić information content (AvgIpc) is 2.27. The molecular weight excluding hydrogens is 240 g/mol. The summed E-state index contributed by atoms with van der Waals surface area (Å²) >= 11 is 6.83. The Balaban J connectivity index is 2.69. The second kappa shape index (κ2) is 6.65. The highest BCUT2D eigenvalue weighted by atomic mass is 32.2. The molecule has 3 N–H and O–H groups in total. The van der Waals surface area contributed by atoms with Gasteiger partial charge in [-0.15, -0.1) is 5.10 Å². The highest BCUT2D eigenvalue weighted by molar-refractivity contribution is 7.99. The monoisotopic (exact) mass is 256 g/mol. The van der Waals surface area contributed by atoms with E-state index in [1.54, 1.807) is 12.3 Å². The highest BCUT2D eigenvalue weighted by Crippen LogP contribution is 2.13. The Morgan fingerprint density at radius 2 is 2.44 bits per heavy atom. The predicted molar refractivity (Wildman–Crippen MR) is 74.0 cm³/mol. The van der Waals surface area contributed by atoms with Crippen LogP contribution in [0.1, 0.15) is 19.4 Å². The molecule has 1 aromatic rings. The van der Waals surface area contributed by atoms with Gasteiger partial charge in [0.05, 0.1) is 11.8 Å². The quantitative estimate of drug-likeness (QED) is 0.755. The Morgan fingerprint density at radius 1 is 1.69 bits per heavy atom. The third-order valence-corrected chi connectivity index (χ3v) is 3.31. The van der Waals surface area contributed by atoms with Crippen LogP contribution in [0.2, 0.25) is 0 Å². The number of aromatic nitrogens is 2. The van der Waals surface area contributed by atoms with Crippen LogP contribution in [0.4, 0.5) is 5.82 Å². The Labute approximate surface area is 105 Å². The first kappa shape index (κ1) is 13.2.